The van der Waals surface area contributed by atoms with Gasteiger partial charge in [0.1, 0.15) is 18.4 Å². The first-order chi connectivity index (χ1) is 15.1. The fourth-order valence-corrected chi connectivity index (χ4v) is 4.31. The van der Waals surface area contributed by atoms with E-state index in [0.717, 1.165) is 0 Å². The van der Waals surface area contributed by atoms with Crippen LogP contribution in [0.3, 0.4) is 0 Å². The van der Waals surface area contributed by atoms with E-state index in [1.165, 1.54) is 43.3 Å². The summed E-state index contributed by atoms with van der Waals surface area (Å²) in [4.78, 5) is 23.0. The summed E-state index contributed by atoms with van der Waals surface area (Å²) in [5, 5.41) is 21.5. The van der Waals surface area contributed by atoms with Crippen molar-refractivity contribution in [2.75, 3.05) is 6.79 Å². The van der Waals surface area contributed by atoms with E-state index in [9.17, 15) is 28.4 Å². The van der Waals surface area contributed by atoms with Crippen LogP contribution in [0.1, 0.15) is 18.1 Å². The molecule has 0 fully saturated rings. The first-order valence-electron chi connectivity index (χ1n) is 9.22. The number of carbonyl (C=O) groups excluding carboxylic acids is 1. The number of benzene rings is 2. The molecule has 1 aliphatic rings. The van der Waals surface area contributed by atoms with E-state index < -0.39 is 39.7 Å². The maximum Gasteiger partial charge on any atom is 0.327 e. The summed E-state index contributed by atoms with van der Waals surface area (Å²) in [6.07, 6.45) is -1.44. The van der Waals surface area contributed by atoms with Crippen LogP contribution in [0.5, 0.6) is 5.75 Å². The van der Waals surface area contributed by atoms with Crippen LogP contribution in [-0.4, -0.2) is 43.4 Å². The number of esters is 1. The van der Waals surface area contributed by atoms with Gasteiger partial charge in [-0.2, -0.15) is 4.72 Å². The highest BCUT2D eigenvalue weighted by molar-refractivity contribution is 7.89. The van der Waals surface area contributed by atoms with Crippen LogP contribution in [0, 0.1) is 10.1 Å². The van der Waals surface area contributed by atoms with Gasteiger partial charge in [0.05, 0.1) is 22.5 Å². The Hall–Kier alpha value is -2.77. The van der Waals surface area contributed by atoms with E-state index in [1.807, 2.05) is 0 Å². The third kappa shape index (κ3) is 5.53. The molecule has 0 unspecified atom stereocenters. The van der Waals surface area contributed by atoms with Crippen molar-refractivity contribution in [2.24, 2.45) is 0 Å². The summed E-state index contributed by atoms with van der Waals surface area (Å²) in [6, 6.07) is 6.05. The molecule has 13 heteroatoms. The molecule has 172 valence electrons. The molecule has 0 radical (unpaired) electrons. The molecule has 1 heterocycles. The Kier molecular flexibility index (Phi) is 7.31. The Balaban J connectivity index is 1.78. The SMILES string of the molecule is C[C@@H](O)[C@@H](NS(=O)(=O)c1ccc(Cl)cc1)C(=O)OCc1cc([N+](=O)[O-])cc2c1OCOC2. The molecule has 11 nitrogen and oxygen atoms in total. The summed E-state index contributed by atoms with van der Waals surface area (Å²) >= 11 is 5.76. The fraction of sp³-hybridized carbons (Fsp3) is 0.316. The third-order valence-electron chi connectivity index (χ3n) is 4.49. The van der Waals surface area contributed by atoms with Crippen LogP contribution in [0.15, 0.2) is 41.3 Å². The summed E-state index contributed by atoms with van der Waals surface area (Å²) in [5.74, 6) is -0.796. The van der Waals surface area contributed by atoms with Crippen LogP contribution in [0.25, 0.3) is 0 Å². The van der Waals surface area contributed by atoms with Crippen molar-refractivity contribution in [3.05, 3.63) is 62.7 Å². The normalized spacial score (nSPS) is 15.2. The minimum absolute atomic E-state index is 0.0785. The van der Waals surface area contributed by atoms with E-state index in [4.69, 9.17) is 25.8 Å². The summed E-state index contributed by atoms with van der Waals surface area (Å²) in [6.45, 7) is 0.763. The third-order valence-corrected chi connectivity index (χ3v) is 6.20. The van der Waals surface area contributed by atoms with Gasteiger partial charge in [-0.05, 0) is 31.2 Å². The van der Waals surface area contributed by atoms with Gasteiger partial charge >= 0.3 is 5.97 Å². The molecule has 0 amide bonds. The van der Waals surface area contributed by atoms with E-state index in [1.54, 1.807) is 0 Å². The van der Waals surface area contributed by atoms with Gasteiger partial charge in [0.15, 0.2) is 6.79 Å². The number of sulfonamides is 1. The van der Waals surface area contributed by atoms with Crippen molar-refractivity contribution in [3.63, 3.8) is 0 Å². The first-order valence-corrected chi connectivity index (χ1v) is 11.1. The van der Waals surface area contributed by atoms with E-state index in [-0.39, 0.29) is 35.3 Å². The summed E-state index contributed by atoms with van der Waals surface area (Å²) in [5.41, 5.74) is 0.363. The number of carbonyl (C=O) groups is 1. The smallest absolute Gasteiger partial charge is 0.327 e. The average molecular weight is 487 g/mol. The zero-order valence-electron chi connectivity index (χ0n) is 16.7. The van der Waals surface area contributed by atoms with Crippen LogP contribution in [-0.2, 0) is 37.5 Å². The lowest BCUT2D eigenvalue weighted by Crippen LogP contribution is -2.48. The highest BCUT2D eigenvalue weighted by Crippen LogP contribution is 2.33. The number of nitro benzene ring substituents is 1. The summed E-state index contributed by atoms with van der Waals surface area (Å²) < 4.78 is 42.9. The number of hydrogen-bond acceptors (Lipinski definition) is 9. The molecule has 0 saturated heterocycles. The fourth-order valence-electron chi connectivity index (χ4n) is 2.92. The van der Waals surface area contributed by atoms with Crippen LogP contribution >= 0.6 is 11.6 Å². The Morgan fingerprint density at radius 3 is 2.66 bits per heavy atom. The second kappa shape index (κ2) is 9.79. The number of hydrogen-bond donors (Lipinski definition) is 2. The molecule has 1 aliphatic heterocycles. The quantitative estimate of drug-likeness (QED) is 0.323. The monoisotopic (exact) mass is 486 g/mol. The highest BCUT2D eigenvalue weighted by Gasteiger charge is 2.31. The van der Waals surface area contributed by atoms with Crippen molar-refractivity contribution < 1.29 is 37.5 Å². The standard InChI is InChI=1S/C19H19ClN2O9S/c1-11(23)17(21-32(27,28)16-4-2-14(20)3-5-16)19(24)30-9-13-7-15(22(25)26)6-12-8-29-10-31-18(12)13/h2-7,11,17,21,23H,8-10H2,1H3/t11-,17-/m1/s1. The van der Waals surface area contributed by atoms with Crippen molar-refractivity contribution in [2.45, 2.75) is 37.2 Å². The number of aliphatic hydroxyl groups excluding tert-OH is 1. The lowest BCUT2D eigenvalue weighted by molar-refractivity contribution is -0.385. The Labute approximate surface area is 188 Å². The first kappa shape index (κ1) is 23.9. The lowest BCUT2D eigenvalue weighted by Gasteiger charge is -2.22. The van der Waals surface area contributed by atoms with Crippen molar-refractivity contribution >= 4 is 33.3 Å². The molecule has 0 bridgehead atoms. The molecule has 2 atom stereocenters. The van der Waals surface area contributed by atoms with Gasteiger partial charge in [-0.1, -0.05) is 11.6 Å². The van der Waals surface area contributed by atoms with Gasteiger partial charge in [-0.15, -0.1) is 0 Å². The number of nitro groups is 1. The molecule has 32 heavy (non-hydrogen) atoms. The molecule has 3 rings (SSSR count). The van der Waals surface area contributed by atoms with E-state index in [0.29, 0.717) is 10.6 Å². The van der Waals surface area contributed by atoms with Gasteiger partial charge in [0.2, 0.25) is 10.0 Å². The molecular formula is C19H19ClN2O9S. The number of non-ortho nitro benzene ring substituents is 1. The van der Waals surface area contributed by atoms with E-state index >= 15 is 0 Å². The number of aliphatic hydroxyl groups is 1. The highest BCUT2D eigenvalue weighted by atomic mass is 35.5. The number of ether oxygens (including phenoxy) is 3. The number of rotatable bonds is 8. The number of fused-ring (bicyclic) bond motifs is 1. The second-order valence-corrected chi connectivity index (χ2v) is 9.01. The summed E-state index contributed by atoms with van der Waals surface area (Å²) in [7, 11) is -4.18. The minimum Gasteiger partial charge on any atom is -0.467 e. The van der Waals surface area contributed by atoms with Gasteiger partial charge in [0.25, 0.3) is 5.69 Å². The molecule has 0 spiro atoms. The average Bonchev–Trinajstić information content (AvgIpc) is 2.75. The molecule has 2 aromatic carbocycles. The van der Waals surface area contributed by atoms with E-state index in [2.05, 4.69) is 4.72 Å². The Morgan fingerprint density at radius 2 is 2.03 bits per heavy atom. The topological polar surface area (TPSA) is 154 Å². The zero-order chi connectivity index (χ0) is 23.5. The lowest BCUT2D eigenvalue weighted by atomic mass is 10.1. The van der Waals surface area contributed by atoms with Crippen LogP contribution in [0.2, 0.25) is 5.02 Å². The maximum absolute atomic E-state index is 12.6. The van der Waals surface area contributed by atoms with Crippen LogP contribution < -0.4 is 9.46 Å². The minimum atomic E-state index is -4.18. The zero-order valence-corrected chi connectivity index (χ0v) is 18.3. The molecule has 2 N–H and O–H groups in total. The number of nitrogens with zero attached hydrogens (tertiary/aromatic N) is 1. The Bertz CT molecular complexity index is 1120. The van der Waals surface area contributed by atoms with Gasteiger partial charge in [-0.3, -0.25) is 14.9 Å². The largest absolute Gasteiger partial charge is 0.467 e. The molecule has 0 aromatic heterocycles. The van der Waals surface area contributed by atoms with Gasteiger partial charge in [0, 0.05) is 28.3 Å². The molecular weight excluding hydrogens is 468 g/mol. The molecule has 2 aromatic rings. The van der Waals surface area contributed by atoms with Gasteiger partial charge in [-0.25, -0.2) is 8.42 Å². The predicted octanol–water partition coefficient (Wildman–Crippen LogP) is 1.89. The number of nitrogens with one attached hydrogen (secondary N) is 1. The predicted molar refractivity (Wildman–Crippen MR) is 110 cm³/mol. The van der Waals surface area contributed by atoms with Crippen molar-refractivity contribution in [3.8, 4) is 5.75 Å². The van der Waals surface area contributed by atoms with Crippen molar-refractivity contribution in [1.82, 2.24) is 4.72 Å². The second-order valence-electron chi connectivity index (χ2n) is 6.86. The van der Waals surface area contributed by atoms with Gasteiger partial charge < -0.3 is 19.3 Å². The number of halogens is 1. The molecule has 0 saturated carbocycles. The van der Waals surface area contributed by atoms with Crippen molar-refractivity contribution in [1.29, 1.82) is 0 Å². The van der Waals surface area contributed by atoms with Crippen LogP contribution in [0.4, 0.5) is 5.69 Å². The Morgan fingerprint density at radius 1 is 1.34 bits per heavy atom. The maximum atomic E-state index is 12.6. The molecule has 0 aliphatic carbocycles.